The summed E-state index contributed by atoms with van der Waals surface area (Å²) in [6.45, 7) is 5.02. The Labute approximate surface area is 177 Å². The van der Waals surface area contributed by atoms with E-state index in [2.05, 4.69) is 6.07 Å². The lowest BCUT2D eigenvalue weighted by Crippen LogP contribution is -2.49. The van der Waals surface area contributed by atoms with Crippen molar-refractivity contribution in [2.24, 2.45) is 0 Å². The summed E-state index contributed by atoms with van der Waals surface area (Å²) >= 11 is 0. The lowest BCUT2D eigenvalue weighted by molar-refractivity contribution is -0.136. The first kappa shape index (κ1) is 21.7. The van der Waals surface area contributed by atoms with E-state index >= 15 is 0 Å². The van der Waals surface area contributed by atoms with Crippen LogP contribution >= 0.6 is 0 Å². The van der Waals surface area contributed by atoms with Gasteiger partial charge in [0.25, 0.3) is 12.4 Å². The molecule has 1 saturated heterocycles. The first-order valence-corrected chi connectivity index (χ1v) is 10.1. The zero-order valence-corrected chi connectivity index (χ0v) is 18.0. The molecule has 6 nitrogen and oxygen atoms in total. The zero-order valence-electron chi connectivity index (χ0n) is 18.0. The lowest BCUT2D eigenvalue weighted by atomic mass is 9.92. The van der Waals surface area contributed by atoms with Crippen LogP contribution in [0.3, 0.4) is 0 Å². The highest BCUT2D eigenvalue weighted by Gasteiger charge is 2.33. The summed E-state index contributed by atoms with van der Waals surface area (Å²) in [6, 6.07) is 11.5. The quantitative estimate of drug-likeness (QED) is 0.650. The van der Waals surface area contributed by atoms with Crippen LogP contribution < -0.4 is 9.47 Å². The van der Waals surface area contributed by atoms with Gasteiger partial charge in [-0.05, 0) is 44.0 Å². The van der Waals surface area contributed by atoms with Gasteiger partial charge in [0.15, 0.2) is 0 Å². The molecule has 0 saturated carbocycles. The second-order valence-electron chi connectivity index (χ2n) is 7.79. The molecule has 0 bridgehead atoms. The van der Waals surface area contributed by atoms with Crippen molar-refractivity contribution >= 4 is 12.4 Å². The van der Waals surface area contributed by atoms with Gasteiger partial charge in [0.2, 0.25) is 0 Å². The predicted octanol–water partition coefficient (Wildman–Crippen LogP) is 3.71. The Bertz CT molecular complexity index is 890. The van der Waals surface area contributed by atoms with Gasteiger partial charge in [-0.15, -0.1) is 0 Å². The van der Waals surface area contributed by atoms with Crippen LogP contribution in [0.1, 0.15) is 39.9 Å². The molecule has 0 spiro atoms. The second kappa shape index (κ2) is 9.65. The van der Waals surface area contributed by atoms with Crippen LogP contribution in [0.4, 0.5) is 0 Å². The summed E-state index contributed by atoms with van der Waals surface area (Å²) in [7, 11) is 3.23. The molecular weight excluding hydrogens is 382 g/mol. The topological polar surface area (TPSA) is 65.1 Å². The molecule has 160 valence electrons. The van der Waals surface area contributed by atoms with E-state index in [0.717, 1.165) is 16.7 Å². The van der Waals surface area contributed by atoms with Crippen molar-refractivity contribution < 1.29 is 23.8 Å². The fourth-order valence-corrected chi connectivity index (χ4v) is 4.22. The van der Waals surface area contributed by atoms with Gasteiger partial charge in [-0.2, -0.15) is 0 Å². The molecule has 1 amide bonds. The van der Waals surface area contributed by atoms with Crippen LogP contribution in [-0.2, 0) is 16.0 Å². The standard InChI is InChI=1S/C24H29NO5/c1-16-9-17(2)11-19(10-16)24(27)25-8-7-22(30-15-26)13-20(25)12-18-5-6-21(28-3)14-23(18)29-4/h5-6,9-11,14-15,20,22H,7-8,12-13H2,1-4H3/t20-,22+/m1/s1. The molecule has 1 aliphatic heterocycles. The highest BCUT2D eigenvalue weighted by molar-refractivity contribution is 5.95. The molecule has 30 heavy (non-hydrogen) atoms. The average Bonchev–Trinajstić information content (AvgIpc) is 2.73. The van der Waals surface area contributed by atoms with Gasteiger partial charge in [0, 0.05) is 37.1 Å². The van der Waals surface area contributed by atoms with Crippen molar-refractivity contribution in [1.29, 1.82) is 0 Å². The summed E-state index contributed by atoms with van der Waals surface area (Å²) in [5.41, 5.74) is 3.79. The number of piperidine rings is 1. The van der Waals surface area contributed by atoms with Gasteiger partial charge in [-0.25, -0.2) is 0 Å². The first-order valence-electron chi connectivity index (χ1n) is 10.1. The number of ether oxygens (including phenoxy) is 3. The van der Waals surface area contributed by atoms with E-state index in [9.17, 15) is 9.59 Å². The molecule has 0 radical (unpaired) electrons. The highest BCUT2D eigenvalue weighted by atomic mass is 16.5. The van der Waals surface area contributed by atoms with E-state index in [1.54, 1.807) is 14.2 Å². The molecule has 1 heterocycles. The van der Waals surface area contributed by atoms with Gasteiger partial charge in [-0.1, -0.05) is 23.3 Å². The van der Waals surface area contributed by atoms with E-state index in [-0.39, 0.29) is 18.1 Å². The molecular formula is C24H29NO5. The normalized spacial score (nSPS) is 18.6. The predicted molar refractivity (Wildman–Crippen MR) is 114 cm³/mol. The number of hydrogen-bond acceptors (Lipinski definition) is 5. The molecule has 3 rings (SSSR count). The van der Waals surface area contributed by atoms with Crippen LogP contribution in [0.25, 0.3) is 0 Å². The van der Waals surface area contributed by atoms with Crippen LogP contribution in [0.5, 0.6) is 11.5 Å². The van der Waals surface area contributed by atoms with Crippen LogP contribution in [0, 0.1) is 13.8 Å². The molecule has 2 atom stereocenters. The number of carbonyl (C=O) groups is 2. The van der Waals surface area contributed by atoms with Crippen molar-refractivity contribution in [3.05, 3.63) is 58.7 Å². The average molecular weight is 411 g/mol. The summed E-state index contributed by atoms with van der Waals surface area (Å²) in [5, 5.41) is 0. The van der Waals surface area contributed by atoms with E-state index < -0.39 is 0 Å². The molecule has 6 heteroatoms. The number of rotatable bonds is 7. The van der Waals surface area contributed by atoms with Crippen molar-refractivity contribution in [3.63, 3.8) is 0 Å². The molecule has 0 aliphatic carbocycles. The summed E-state index contributed by atoms with van der Waals surface area (Å²) < 4.78 is 16.1. The number of likely N-dealkylation sites (tertiary alicyclic amines) is 1. The third-order valence-electron chi connectivity index (χ3n) is 5.60. The molecule has 0 aromatic heterocycles. The smallest absolute Gasteiger partial charge is 0.293 e. The second-order valence-corrected chi connectivity index (χ2v) is 7.79. The Morgan fingerprint density at radius 1 is 1.10 bits per heavy atom. The van der Waals surface area contributed by atoms with E-state index in [1.165, 1.54) is 0 Å². The Balaban J connectivity index is 1.89. The lowest BCUT2D eigenvalue weighted by Gasteiger charge is -2.39. The van der Waals surface area contributed by atoms with Gasteiger partial charge in [0.1, 0.15) is 17.6 Å². The molecule has 1 fully saturated rings. The van der Waals surface area contributed by atoms with E-state index in [4.69, 9.17) is 14.2 Å². The minimum atomic E-state index is -0.194. The minimum Gasteiger partial charge on any atom is -0.497 e. The maximum absolute atomic E-state index is 13.4. The fraction of sp³-hybridized carbons (Fsp3) is 0.417. The van der Waals surface area contributed by atoms with Crippen LogP contribution in [0.2, 0.25) is 0 Å². The van der Waals surface area contributed by atoms with Crippen molar-refractivity contribution in [2.75, 3.05) is 20.8 Å². The molecule has 2 aromatic carbocycles. The fourth-order valence-electron chi connectivity index (χ4n) is 4.22. The minimum absolute atomic E-state index is 0.00355. The van der Waals surface area contributed by atoms with Gasteiger partial charge >= 0.3 is 0 Å². The number of hydrogen-bond donors (Lipinski definition) is 0. The van der Waals surface area contributed by atoms with Crippen LogP contribution in [0.15, 0.2) is 36.4 Å². The summed E-state index contributed by atoms with van der Waals surface area (Å²) in [5.74, 6) is 1.43. The number of amides is 1. The summed E-state index contributed by atoms with van der Waals surface area (Å²) in [6.07, 6.45) is 1.62. The molecule has 0 unspecified atom stereocenters. The number of methoxy groups -OCH3 is 2. The van der Waals surface area contributed by atoms with E-state index in [1.807, 2.05) is 49.1 Å². The third kappa shape index (κ3) is 4.93. The van der Waals surface area contributed by atoms with Crippen molar-refractivity contribution in [1.82, 2.24) is 4.90 Å². The van der Waals surface area contributed by atoms with Crippen molar-refractivity contribution in [2.45, 2.75) is 45.3 Å². The molecule has 1 aliphatic rings. The Kier molecular flexibility index (Phi) is 6.98. The van der Waals surface area contributed by atoms with E-state index in [0.29, 0.717) is 49.3 Å². The van der Waals surface area contributed by atoms with Gasteiger partial charge in [-0.3, -0.25) is 9.59 Å². The van der Waals surface area contributed by atoms with Gasteiger partial charge in [0.05, 0.1) is 14.2 Å². The van der Waals surface area contributed by atoms with Crippen molar-refractivity contribution in [3.8, 4) is 11.5 Å². The van der Waals surface area contributed by atoms with Crippen LogP contribution in [-0.4, -0.2) is 50.2 Å². The SMILES string of the molecule is COc1ccc(C[C@@H]2C[C@@H](OC=O)CCN2C(=O)c2cc(C)cc(C)c2)c(OC)c1. The zero-order chi connectivity index (χ0) is 21.7. The van der Waals surface area contributed by atoms with Gasteiger partial charge < -0.3 is 19.1 Å². The summed E-state index contributed by atoms with van der Waals surface area (Å²) in [4.78, 5) is 26.2. The maximum atomic E-state index is 13.4. The molecule has 0 N–H and O–H groups in total. The third-order valence-corrected chi connectivity index (χ3v) is 5.60. The number of nitrogens with zero attached hydrogens (tertiary/aromatic N) is 1. The maximum Gasteiger partial charge on any atom is 0.293 e. The highest BCUT2D eigenvalue weighted by Crippen LogP contribution is 2.30. The Hall–Kier alpha value is -3.02. The number of carbonyl (C=O) groups excluding carboxylic acids is 2. The molecule has 2 aromatic rings. The monoisotopic (exact) mass is 411 g/mol. The number of benzene rings is 2. The first-order chi connectivity index (χ1) is 14.4. The Morgan fingerprint density at radius 2 is 1.83 bits per heavy atom. The number of aryl methyl sites for hydroxylation is 2. The Morgan fingerprint density at radius 3 is 2.47 bits per heavy atom. The largest absolute Gasteiger partial charge is 0.497 e.